The van der Waals surface area contributed by atoms with E-state index in [4.69, 9.17) is 14.2 Å². The van der Waals surface area contributed by atoms with Crippen molar-refractivity contribution in [3.8, 4) is 28.6 Å². The van der Waals surface area contributed by atoms with Crippen molar-refractivity contribution in [1.29, 1.82) is 0 Å². The molecule has 9 heteroatoms. The van der Waals surface area contributed by atoms with Crippen LogP contribution in [0, 0.1) is 0 Å². The van der Waals surface area contributed by atoms with Gasteiger partial charge in [-0.2, -0.15) is 0 Å². The molecule has 0 bridgehead atoms. The smallest absolute Gasteiger partial charge is 0.230 e. The van der Waals surface area contributed by atoms with Gasteiger partial charge < -0.3 is 19.5 Å². The van der Waals surface area contributed by atoms with Crippen LogP contribution in [0.4, 0.5) is 0 Å². The van der Waals surface area contributed by atoms with Gasteiger partial charge in [0.15, 0.2) is 22.5 Å². The quantitative estimate of drug-likeness (QED) is 0.495. The van der Waals surface area contributed by atoms with Crippen molar-refractivity contribution in [2.75, 3.05) is 19.0 Å². The number of fused-ring (bicyclic) bond motifs is 2. The highest BCUT2D eigenvalue weighted by Crippen LogP contribution is 2.42. The lowest BCUT2D eigenvalue weighted by atomic mass is 10.1. The first-order valence-corrected chi connectivity index (χ1v) is 13.2. The minimum atomic E-state index is -0.0254. The largest absolute Gasteiger partial charge is 0.490 e. The molecule has 1 N–H and O–H groups in total. The van der Waals surface area contributed by atoms with Crippen molar-refractivity contribution >= 4 is 17.7 Å². The molecule has 0 radical (unpaired) electrons. The van der Waals surface area contributed by atoms with Crippen molar-refractivity contribution < 1.29 is 19.0 Å². The number of hydrogen-bond donors (Lipinski definition) is 1. The van der Waals surface area contributed by atoms with E-state index >= 15 is 0 Å². The van der Waals surface area contributed by atoms with E-state index in [0.29, 0.717) is 25.8 Å². The SMILES string of the molecule is C[C@H]1Cc2cc(CNC(=O)CSc3nnc(-c4ccc5c(c4)OCCCO5)n3C3CC3)ccc2O1. The molecular weight excluding hydrogens is 464 g/mol. The molecule has 3 aliphatic rings. The maximum Gasteiger partial charge on any atom is 0.230 e. The summed E-state index contributed by atoms with van der Waals surface area (Å²) in [6.45, 7) is 3.87. The molecule has 2 aliphatic heterocycles. The molecule has 1 saturated carbocycles. The third kappa shape index (κ3) is 4.82. The van der Waals surface area contributed by atoms with Gasteiger partial charge in [-0.1, -0.05) is 23.9 Å². The Morgan fingerprint density at radius 3 is 2.77 bits per heavy atom. The zero-order valence-corrected chi connectivity index (χ0v) is 20.5. The Morgan fingerprint density at radius 2 is 1.91 bits per heavy atom. The van der Waals surface area contributed by atoms with Gasteiger partial charge in [-0.15, -0.1) is 10.2 Å². The highest BCUT2D eigenvalue weighted by atomic mass is 32.2. The maximum absolute atomic E-state index is 12.6. The van der Waals surface area contributed by atoms with Gasteiger partial charge in [0.2, 0.25) is 5.91 Å². The third-order valence-corrected chi connectivity index (χ3v) is 7.31. The second kappa shape index (κ2) is 9.45. The van der Waals surface area contributed by atoms with E-state index in [1.807, 2.05) is 30.3 Å². The van der Waals surface area contributed by atoms with Crippen LogP contribution < -0.4 is 19.5 Å². The number of benzene rings is 2. The summed E-state index contributed by atoms with van der Waals surface area (Å²) in [5, 5.41) is 12.7. The van der Waals surface area contributed by atoms with Crippen LogP contribution in [0.5, 0.6) is 17.2 Å². The van der Waals surface area contributed by atoms with Crippen LogP contribution in [0.1, 0.15) is 43.4 Å². The predicted octanol–water partition coefficient (Wildman–Crippen LogP) is 4.17. The van der Waals surface area contributed by atoms with Crippen LogP contribution in [-0.2, 0) is 17.8 Å². The number of nitrogens with zero attached hydrogens (tertiary/aromatic N) is 3. The summed E-state index contributed by atoms with van der Waals surface area (Å²) in [7, 11) is 0. The molecule has 1 fully saturated rings. The van der Waals surface area contributed by atoms with Crippen molar-refractivity contribution in [1.82, 2.24) is 20.1 Å². The van der Waals surface area contributed by atoms with Crippen molar-refractivity contribution in [3.05, 3.63) is 47.5 Å². The number of hydrogen-bond acceptors (Lipinski definition) is 7. The molecule has 1 amide bonds. The summed E-state index contributed by atoms with van der Waals surface area (Å²) in [4.78, 5) is 12.6. The average Bonchev–Trinajstić information content (AvgIpc) is 3.56. The van der Waals surface area contributed by atoms with Gasteiger partial charge in [-0.25, -0.2) is 0 Å². The van der Waals surface area contributed by atoms with Crippen molar-refractivity contribution in [3.63, 3.8) is 0 Å². The molecule has 3 aromatic rings. The molecule has 182 valence electrons. The van der Waals surface area contributed by atoms with Gasteiger partial charge in [-0.05, 0) is 55.2 Å². The Kier molecular flexibility index (Phi) is 6.01. The molecule has 35 heavy (non-hydrogen) atoms. The van der Waals surface area contributed by atoms with E-state index in [0.717, 1.165) is 65.0 Å². The molecule has 3 heterocycles. The van der Waals surface area contributed by atoms with E-state index in [-0.39, 0.29) is 17.8 Å². The number of carbonyl (C=O) groups is 1. The molecule has 0 saturated heterocycles. The fourth-order valence-corrected chi connectivity index (χ4v) is 5.34. The zero-order valence-electron chi connectivity index (χ0n) is 19.7. The summed E-state index contributed by atoms with van der Waals surface area (Å²) in [6, 6.07) is 12.4. The Hall–Kier alpha value is -3.20. The van der Waals surface area contributed by atoms with Crippen LogP contribution in [0.3, 0.4) is 0 Å². The van der Waals surface area contributed by atoms with Gasteiger partial charge in [-0.3, -0.25) is 9.36 Å². The first-order valence-electron chi connectivity index (χ1n) is 12.2. The van der Waals surface area contributed by atoms with Gasteiger partial charge in [0.05, 0.1) is 19.0 Å². The lowest BCUT2D eigenvalue weighted by Crippen LogP contribution is -2.24. The second-order valence-electron chi connectivity index (χ2n) is 9.26. The molecule has 2 aromatic carbocycles. The number of carbonyl (C=O) groups excluding carboxylic acids is 1. The van der Waals surface area contributed by atoms with Gasteiger partial charge in [0, 0.05) is 31.0 Å². The lowest BCUT2D eigenvalue weighted by Gasteiger charge is -2.11. The highest BCUT2D eigenvalue weighted by molar-refractivity contribution is 7.99. The number of thioether (sulfide) groups is 1. The normalized spacial score (nSPS) is 18.5. The standard InChI is InChI=1S/C26H28N4O4S/c1-16-11-19-12-17(3-7-21(19)34-16)14-27-24(31)15-35-26-29-28-25(30(26)20-5-6-20)18-4-8-22-23(13-18)33-10-2-9-32-22/h3-4,7-8,12-13,16,20H,2,5-6,9-11,14-15H2,1H3,(H,27,31)/t16-/m0/s1. The topological polar surface area (TPSA) is 87.5 Å². The second-order valence-corrected chi connectivity index (χ2v) is 10.2. The van der Waals surface area contributed by atoms with E-state index in [1.165, 1.54) is 17.3 Å². The Morgan fingerprint density at radius 1 is 1.09 bits per heavy atom. The Labute approximate surface area is 208 Å². The van der Waals surface area contributed by atoms with Crippen LogP contribution in [0.25, 0.3) is 11.4 Å². The fraction of sp³-hybridized carbons (Fsp3) is 0.423. The van der Waals surface area contributed by atoms with E-state index < -0.39 is 0 Å². The fourth-order valence-electron chi connectivity index (χ4n) is 4.50. The lowest BCUT2D eigenvalue weighted by molar-refractivity contribution is -0.118. The van der Waals surface area contributed by atoms with Crippen molar-refractivity contribution in [2.24, 2.45) is 0 Å². The molecule has 0 spiro atoms. The van der Waals surface area contributed by atoms with E-state index in [2.05, 4.69) is 33.1 Å². The van der Waals surface area contributed by atoms with Crippen LogP contribution >= 0.6 is 11.8 Å². The molecule has 1 atom stereocenters. The molecule has 1 aliphatic carbocycles. The zero-order chi connectivity index (χ0) is 23.8. The minimum Gasteiger partial charge on any atom is -0.490 e. The minimum absolute atomic E-state index is 0.0254. The van der Waals surface area contributed by atoms with Gasteiger partial charge >= 0.3 is 0 Å². The number of aromatic nitrogens is 3. The summed E-state index contributed by atoms with van der Waals surface area (Å²) in [6.07, 6.45) is 4.18. The highest BCUT2D eigenvalue weighted by Gasteiger charge is 2.31. The molecule has 1 aromatic heterocycles. The van der Waals surface area contributed by atoms with Crippen molar-refractivity contribution in [2.45, 2.75) is 56.5 Å². The number of nitrogens with one attached hydrogen (secondary N) is 1. The van der Waals surface area contributed by atoms with Gasteiger partial charge in [0.1, 0.15) is 11.9 Å². The Balaban J connectivity index is 1.11. The summed E-state index contributed by atoms with van der Waals surface area (Å²) in [5.41, 5.74) is 3.23. The third-order valence-electron chi connectivity index (χ3n) is 6.36. The van der Waals surface area contributed by atoms with E-state index in [9.17, 15) is 4.79 Å². The summed E-state index contributed by atoms with van der Waals surface area (Å²) >= 11 is 1.43. The van der Waals surface area contributed by atoms with Gasteiger partial charge in [0.25, 0.3) is 0 Å². The van der Waals surface area contributed by atoms with Crippen LogP contribution in [0.15, 0.2) is 41.6 Å². The average molecular weight is 493 g/mol. The number of amides is 1. The molecule has 0 unspecified atom stereocenters. The predicted molar refractivity (Wildman–Crippen MR) is 132 cm³/mol. The van der Waals surface area contributed by atoms with Crippen LogP contribution in [0.2, 0.25) is 0 Å². The summed E-state index contributed by atoms with van der Waals surface area (Å²) in [5.74, 6) is 3.53. The first-order chi connectivity index (χ1) is 17.1. The van der Waals surface area contributed by atoms with Crippen LogP contribution in [-0.4, -0.2) is 45.7 Å². The number of rotatable bonds is 7. The molecular formula is C26H28N4O4S. The summed E-state index contributed by atoms with van der Waals surface area (Å²) < 4.78 is 19.5. The molecule has 6 rings (SSSR count). The maximum atomic E-state index is 12.6. The molecule has 8 nitrogen and oxygen atoms in total. The number of ether oxygens (including phenoxy) is 3. The Bertz CT molecular complexity index is 1260. The van der Waals surface area contributed by atoms with E-state index in [1.54, 1.807) is 0 Å². The monoisotopic (exact) mass is 492 g/mol. The first kappa shape index (κ1) is 22.3.